The number of hydrogen-bond acceptors (Lipinski definition) is 3. The minimum atomic E-state index is -2.24. The van der Waals surface area contributed by atoms with Crippen molar-refractivity contribution in [2.45, 2.75) is 14.9 Å². The first-order chi connectivity index (χ1) is 8.49. The van der Waals surface area contributed by atoms with Crippen LogP contribution in [0.5, 0.6) is 0 Å². The number of carbonyl (C=O) groups excluding carboxylic acids is 1. The van der Waals surface area contributed by atoms with Crippen LogP contribution in [0.15, 0.2) is 30.3 Å². The molecular weight excluding hydrogens is 381 g/mol. The molecule has 0 radical (unpaired) electrons. The van der Waals surface area contributed by atoms with Crippen molar-refractivity contribution >= 4 is 75.8 Å². The summed E-state index contributed by atoms with van der Waals surface area (Å²) in [5.41, 5.74) is 1.32. The van der Waals surface area contributed by atoms with E-state index in [0.717, 1.165) is 0 Å². The fourth-order valence-electron chi connectivity index (χ4n) is 0.744. The van der Waals surface area contributed by atoms with Gasteiger partial charge in [0.1, 0.15) is 0 Å². The molecule has 108 valence electrons. The van der Waals surface area contributed by atoms with Crippen molar-refractivity contribution in [3.63, 3.8) is 0 Å². The van der Waals surface area contributed by atoms with E-state index in [0.29, 0.717) is 0 Å². The van der Waals surface area contributed by atoms with Crippen molar-refractivity contribution in [2.24, 2.45) is 0 Å². The molecule has 0 amide bonds. The number of ether oxygens (including phenoxy) is 2. The number of benzene rings is 1. The molecule has 1 aromatic rings. The second-order valence-corrected chi connectivity index (χ2v) is 7.35. The van der Waals surface area contributed by atoms with Crippen LogP contribution in [0.2, 0.25) is 0 Å². The molecule has 0 saturated heterocycles. The lowest BCUT2D eigenvalue weighted by Gasteiger charge is -2.15. The smallest absolute Gasteiger partial charge is 0.382 e. The van der Waals surface area contributed by atoms with E-state index in [1.807, 2.05) is 18.2 Å². The van der Waals surface area contributed by atoms with Gasteiger partial charge in [0.05, 0.1) is 0 Å². The maximum Gasteiger partial charge on any atom is 0.515 e. The zero-order chi connectivity index (χ0) is 15.1. The number of rotatable bonds is 0. The third-order valence-corrected chi connectivity index (χ3v) is 1.80. The standard InChI is InChI=1S/C7H8.C3Cl6O3/c1-7-5-3-2-4-6-7;4-2(5,6)11-1(10)12-3(7,8)9/h2-6H,1H3;. The van der Waals surface area contributed by atoms with Crippen molar-refractivity contribution in [2.75, 3.05) is 0 Å². The van der Waals surface area contributed by atoms with Crippen molar-refractivity contribution in [1.82, 2.24) is 0 Å². The molecule has 0 aromatic heterocycles. The Kier molecular flexibility index (Phi) is 8.60. The minimum Gasteiger partial charge on any atom is -0.382 e. The van der Waals surface area contributed by atoms with Crippen molar-refractivity contribution in [3.8, 4) is 0 Å². The predicted octanol–water partition coefficient (Wildman–Crippen LogP) is 5.79. The highest BCUT2D eigenvalue weighted by Crippen LogP contribution is 2.32. The summed E-state index contributed by atoms with van der Waals surface area (Å²) in [6.07, 6.45) is -1.41. The Labute approximate surface area is 140 Å². The van der Waals surface area contributed by atoms with Gasteiger partial charge >= 0.3 is 14.1 Å². The van der Waals surface area contributed by atoms with Crippen LogP contribution in [0.4, 0.5) is 4.79 Å². The van der Waals surface area contributed by atoms with E-state index in [2.05, 4.69) is 28.5 Å². The van der Waals surface area contributed by atoms with Gasteiger partial charge in [0.15, 0.2) is 0 Å². The molecule has 19 heavy (non-hydrogen) atoms. The fourth-order valence-corrected chi connectivity index (χ4v) is 1.12. The predicted molar refractivity (Wildman–Crippen MR) is 79.3 cm³/mol. The van der Waals surface area contributed by atoms with Crippen LogP contribution < -0.4 is 0 Å². The van der Waals surface area contributed by atoms with Crippen LogP contribution in [0.1, 0.15) is 5.56 Å². The van der Waals surface area contributed by atoms with Crippen LogP contribution in [0.25, 0.3) is 0 Å². The summed E-state index contributed by atoms with van der Waals surface area (Å²) < 4.78 is 3.50. The van der Waals surface area contributed by atoms with E-state index in [4.69, 9.17) is 69.6 Å². The first kappa shape index (κ1) is 19.2. The van der Waals surface area contributed by atoms with Gasteiger partial charge in [-0.25, -0.2) is 4.79 Å². The van der Waals surface area contributed by atoms with E-state index >= 15 is 0 Å². The molecule has 0 aliphatic heterocycles. The van der Waals surface area contributed by atoms with Gasteiger partial charge < -0.3 is 9.47 Å². The Hall–Kier alpha value is 0.230. The van der Waals surface area contributed by atoms with Gasteiger partial charge in [-0.05, 0) is 76.5 Å². The number of halogens is 6. The fraction of sp³-hybridized carbons (Fsp3) is 0.300. The van der Waals surface area contributed by atoms with Gasteiger partial charge in [-0.3, -0.25) is 0 Å². The monoisotopic (exact) mass is 386 g/mol. The largest absolute Gasteiger partial charge is 0.515 e. The summed E-state index contributed by atoms with van der Waals surface area (Å²) in [7, 11) is 0. The molecular formula is C10H8Cl6O3. The summed E-state index contributed by atoms with van der Waals surface area (Å²) in [4.78, 5) is 10.5. The Bertz CT molecular complexity index is 366. The third kappa shape index (κ3) is 14.4. The topological polar surface area (TPSA) is 35.5 Å². The third-order valence-electron chi connectivity index (χ3n) is 1.34. The zero-order valence-corrected chi connectivity index (χ0v) is 13.9. The normalized spacial score (nSPS) is 11.1. The van der Waals surface area contributed by atoms with E-state index in [9.17, 15) is 4.79 Å². The highest BCUT2D eigenvalue weighted by Gasteiger charge is 2.32. The first-order valence-corrected chi connectivity index (χ1v) is 6.83. The van der Waals surface area contributed by atoms with Gasteiger partial charge in [0, 0.05) is 0 Å². The number of alkyl halides is 6. The maximum atomic E-state index is 10.5. The van der Waals surface area contributed by atoms with E-state index in [-0.39, 0.29) is 0 Å². The Balaban J connectivity index is 0.000000388. The molecule has 1 aromatic carbocycles. The Morgan fingerprint density at radius 1 is 0.895 bits per heavy atom. The number of carbonyl (C=O) groups is 1. The lowest BCUT2D eigenvalue weighted by molar-refractivity contribution is 0.0508. The summed E-state index contributed by atoms with van der Waals surface area (Å²) in [6.45, 7) is 2.08. The van der Waals surface area contributed by atoms with Crippen LogP contribution in [-0.2, 0) is 9.47 Å². The average molecular weight is 389 g/mol. The number of hydrogen-bond donors (Lipinski definition) is 0. The zero-order valence-electron chi connectivity index (χ0n) is 9.38. The minimum absolute atomic E-state index is 1.32. The van der Waals surface area contributed by atoms with E-state index in [1.165, 1.54) is 5.56 Å². The van der Waals surface area contributed by atoms with Crippen molar-refractivity contribution in [3.05, 3.63) is 35.9 Å². The highest BCUT2D eigenvalue weighted by atomic mass is 35.6. The van der Waals surface area contributed by atoms with Gasteiger partial charge in [-0.2, -0.15) is 0 Å². The van der Waals surface area contributed by atoms with Gasteiger partial charge in [0.2, 0.25) is 0 Å². The Morgan fingerprint density at radius 2 is 1.26 bits per heavy atom. The molecule has 0 spiro atoms. The van der Waals surface area contributed by atoms with Crippen molar-refractivity contribution < 1.29 is 14.3 Å². The second-order valence-electron chi connectivity index (χ2n) is 3.00. The summed E-state index contributed by atoms with van der Waals surface area (Å²) >= 11 is 30.2. The SMILES string of the molecule is Cc1ccccc1.O=C(OC(Cl)(Cl)Cl)OC(Cl)(Cl)Cl. The highest BCUT2D eigenvalue weighted by molar-refractivity contribution is 6.67. The van der Waals surface area contributed by atoms with Crippen LogP contribution in [0.3, 0.4) is 0 Å². The van der Waals surface area contributed by atoms with Crippen LogP contribution >= 0.6 is 69.6 Å². The first-order valence-electron chi connectivity index (χ1n) is 4.57. The summed E-state index contributed by atoms with van der Waals surface area (Å²) in [5.74, 6) is 0. The Morgan fingerprint density at radius 3 is 1.47 bits per heavy atom. The molecule has 0 aliphatic rings. The summed E-state index contributed by atoms with van der Waals surface area (Å²) in [6, 6.07) is 10.3. The molecule has 0 unspecified atom stereocenters. The van der Waals surface area contributed by atoms with E-state index < -0.39 is 14.1 Å². The number of aryl methyl sites for hydroxylation is 1. The molecule has 0 saturated carbocycles. The molecule has 9 heteroatoms. The van der Waals surface area contributed by atoms with Crippen LogP contribution in [0, 0.1) is 6.92 Å². The average Bonchev–Trinajstić information content (AvgIpc) is 2.13. The van der Waals surface area contributed by atoms with Gasteiger partial charge in [0.25, 0.3) is 0 Å². The molecule has 0 aliphatic carbocycles. The molecule has 0 bridgehead atoms. The molecule has 0 heterocycles. The van der Waals surface area contributed by atoms with Gasteiger partial charge in [-0.15, -0.1) is 0 Å². The summed E-state index contributed by atoms with van der Waals surface area (Å²) in [5, 5.41) is 0. The second kappa shape index (κ2) is 8.50. The van der Waals surface area contributed by atoms with E-state index in [1.54, 1.807) is 0 Å². The van der Waals surface area contributed by atoms with Crippen LogP contribution in [-0.4, -0.2) is 14.1 Å². The quantitative estimate of drug-likeness (QED) is 0.416. The molecule has 1 rings (SSSR count). The van der Waals surface area contributed by atoms with Crippen molar-refractivity contribution in [1.29, 1.82) is 0 Å². The lowest BCUT2D eigenvalue weighted by Crippen LogP contribution is -2.22. The molecule has 3 nitrogen and oxygen atoms in total. The molecule has 0 N–H and O–H groups in total. The lowest BCUT2D eigenvalue weighted by atomic mass is 10.2. The maximum absolute atomic E-state index is 10.5. The molecule has 0 atom stereocenters. The molecule has 0 fully saturated rings. The van der Waals surface area contributed by atoms with Gasteiger partial charge in [-0.1, -0.05) is 35.9 Å².